The Bertz CT molecular complexity index is 681. The molecule has 6 heteroatoms. The molecule has 0 aliphatic rings. The molecule has 1 unspecified atom stereocenters. The molecule has 1 aromatic carbocycles. The van der Waals surface area contributed by atoms with Gasteiger partial charge < -0.3 is 15.0 Å². The summed E-state index contributed by atoms with van der Waals surface area (Å²) in [4.78, 5) is 14.0. The van der Waals surface area contributed by atoms with Gasteiger partial charge in [-0.25, -0.2) is 4.79 Å². The highest BCUT2D eigenvalue weighted by Gasteiger charge is 2.17. The molecule has 0 radical (unpaired) electrons. The number of urea groups is 1. The van der Waals surface area contributed by atoms with Crippen molar-refractivity contribution in [2.75, 3.05) is 14.2 Å². The first-order valence-electron chi connectivity index (χ1n) is 7.54. The van der Waals surface area contributed by atoms with Crippen molar-refractivity contribution in [1.82, 2.24) is 20.0 Å². The summed E-state index contributed by atoms with van der Waals surface area (Å²) >= 11 is 0. The molecule has 2 rings (SSSR count). The molecule has 0 spiro atoms. The third-order valence-corrected chi connectivity index (χ3v) is 3.72. The minimum Gasteiger partial charge on any atom is -0.496 e. The number of aromatic nitrogens is 2. The van der Waals surface area contributed by atoms with Crippen molar-refractivity contribution in [3.63, 3.8) is 0 Å². The average Bonchev–Trinajstić information content (AvgIpc) is 2.92. The van der Waals surface area contributed by atoms with Crippen LogP contribution >= 0.6 is 0 Å². The Hall–Kier alpha value is -2.50. The zero-order chi connectivity index (χ0) is 17.0. The number of hydrogen-bond donors (Lipinski definition) is 1. The highest BCUT2D eigenvalue weighted by atomic mass is 16.5. The molecule has 0 fully saturated rings. The van der Waals surface area contributed by atoms with Gasteiger partial charge in [-0.2, -0.15) is 5.10 Å². The summed E-state index contributed by atoms with van der Waals surface area (Å²) in [5.74, 6) is 0.776. The maximum absolute atomic E-state index is 12.4. The van der Waals surface area contributed by atoms with Crippen LogP contribution in [-0.2, 0) is 13.6 Å². The molecule has 0 aliphatic heterocycles. The van der Waals surface area contributed by atoms with E-state index in [-0.39, 0.29) is 12.1 Å². The molecule has 1 N–H and O–H groups in total. The van der Waals surface area contributed by atoms with E-state index in [0.29, 0.717) is 6.54 Å². The zero-order valence-corrected chi connectivity index (χ0v) is 14.3. The van der Waals surface area contributed by atoms with E-state index in [1.165, 1.54) is 0 Å². The van der Waals surface area contributed by atoms with Crippen molar-refractivity contribution >= 4 is 6.03 Å². The Balaban J connectivity index is 2.02. The van der Waals surface area contributed by atoms with Crippen molar-refractivity contribution in [3.05, 3.63) is 47.3 Å². The molecule has 6 nitrogen and oxygen atoms in total. The number of benzene rings is 1. The fraction of sp³-hybridized carbons (Fsp3) is 0.412. The fourth-order valence-electron chi connectivity index (χ4n) is 2.46. The van der Waals surface area contributed by atoms with Crippen molar-refractivity contribution in [3.8, 4) is 5.75 Å². The van der Waals surface area contributed by atoms with E-state index in [1.54, 1.807) is 29.9 Å². The molecular formula is C17H24N4O2. The summed E-state index contributed by atoms with van der Waals surface area (Å²) in [6.07, 6.45) is 3.66. The lowest BCUT2D eigenvalue weighted by atomic mass is 10.0. The van der Waals surface area contributed by atoms with Gasteiger partial charge in [0.15, 0.2) is 0 Å². The second-order valence-electron chi connectivity index (χ2n) is 5.79. The van der Waals surface area contributed by atoms with E-state index in [0.717, 1.165) is 22.4 Å². The van der Waals surface area contributed by atoms with Crippen LogP contribution in [-0.4, -0.2) is 34.9 Å². The van der Waals surface area contributed by atoms with Gasteiger partial charge in [0.1, 0.15) is 5.75 Å². The van der Waals surface area contributed by atoms with Crippen LogP contribution in [0.25, 0.3) is 0 Å². The number of nitrogens with zero attached hydrogens (tertiary/aromatic N) is 3. The Labute approximate surface area is 137 Å². The summed E-state index contributed by atoms with van der Waals surface area (Å²) in [7, 11) is 5.26. The number of aryl methyl sites for hydroxylation is 2. The number of ether oxygens (including phenoxy) is 1. The summed E-state index contributed by atoms with van der Waals surface area (Å²) in [5.41, 5.74) is 3.09. The van der Waals surface area contributed by atoms with Gasteiger partial charge in [-0.3, -0.25) is 4.68 Å². The predicted octanol–water partition coefficient (Wildman–Crippen LogP) is 2.64. The largest absolute Gasteiger partial charge is 0.496 e. The van der Waals surface area contributed by atoms with Gasteiger partial charge in [-0.1, -0.05) is 17.7 Å². The Kier molecular flexibility index (Phi) is 5.26. The smallest absolute Gasteiger partial charge is 0.317 e. The van der Waals surface area contributed by atoms with Crippen LogP contribution in [0, 0.1) is 6.92 Å². The van der Waals surface area contributed by atoms with Gasteiger partial charge in [0, 0.05) is 31.4 Å². The Morgan fingerprint density at radius 3 is 2.83 bits per heavy atom. The lowest BCUT2D eigenvalue weighted by Crippen LogP contribution is -2.38. The first-order valence-corrected chi connectivity index (χ1v) is 7.54. The molecule has 1 heterocycles. The third kappa shape index (κ3) is 4.25. The van der Waals surface area contributed by atoms with Crippen LogP contribution in [0.5, 0.6) is 5.75 Å². The minimum atomic E-state index is -0.145. The predicted molar refractivity (Wildman–Crippen MR) is 89.4 cm³/mol. The lowest BCUT2D eigenvalue weighted by molar-refractivity contribution is 0.203. The summed E-state index contributed by atoms with van der Waals surface area (Å²) in [6.45, 7) is 4.48. The van der Waals surface area contributed by atoms with Gasteiger partial charge in [-0.05, 0) is 19.9 Å². The lowest BCUT2D eigenvalue weighted by Gasteiger charge is -2.22. The van der Waals surface area contributed by atoms with Crippen molar-refractivity contribution in [1.29, 1.82) is 0 Å². The van der Waals surface area contributed by atoms with Crippen LogP contribution in [0.3, 0.4) is 0 Å². The maximum atomic E-state index is 12.4. The van der Waals surface area contributed by atoms with E-state index >= 15 is 0 Å². The third-order valence-electron chi connectivity index (χ3n) is 3.72. The van der Waals surface area contributed by atoms with Gasteiger partial charge in [-0.15, -0.1) is 0 Å². The average molecular weight is 316 g/mol. The van der Waals surface area contributed by atoms with Crippen LogP contribution in [0.1, 0.15) is 29.7 Å². The number of amides is 2. The number of carbonyl (C=O) groups is 1. The van der Waals surface area contributed by atoms with Crippen molar-refractivity contribution in [2.45, 2.75) is 26.4 Å². The number of hydrogen-bond acceptors (Lipinski definition) is 3. The summed E-state index contributed by atoms with van der Waals surface area (Å²) in [5, 5.41) is 7.12. The van der Waals surface area contributed by atoms with Gasteiger partial charge >= 0.3 is 6.03 Å². The fourth-order valence-corrected chi connectivity index (χ4v) is 2.46. The van der Waals surface area contributed by atoms with E-state index in [1.807, 2.05) is 45.3 Å². The SMILES string of the molecule is COc1ccc(C)cc1C(C)NC(=O)N(C)Cc1cnn(C)c1. The summed E-state index contributed by atoms with van der Waals surface area (Å²) < 4.78 is 7.11. The maximum Gasteiger partial charge on any atom is 0.317 e. The molecule has 0 bridgehead atoms. The molecule has 23 heavy (non-hydrogen) atoms. The molecular weight excluding hydrogens is 292 g/mol. The first kappa shape index (κ1) is 16.9. The zero-order valence-electron chi connectivity index (χ0n) is 14.3. The summed E-state index contributed by atoms with van der Waals surface area (Å²) in [6, 6.07) is 5.67. The van der Waals surface area contributed by atoms with E-state index in [2.05, 4.69) is 10.4 Å². The molecule has 1 aromatic heterocycles. The van der Waals surface area contributed by atoms with Crippen LogP contribution < -0.4 is 10.1 Å². The second kappa shape index (κ2) is 7.17. The molecule has 2 amide bonds. The number of methoxy groups -OCH3 is 1. The molecule has 124 valence electrons. The normalized spacial score (nSPS) is 11.9. The van der Waals surface area contributed by atoms with Crippen LogP contribution in [0.2, 0.25) is 0 Å². The van der Waals surface area contributed by atoms with Crippen LogP contribution in [0.15, 0.2) is 30.6 Å². The molecule has 0 saturated carbocycles. The number of nitrogens with one attached hydrogen (secondary N) is 1. The molecule has 2 aromatic rings. The Morgan fingerprint density at radius 1 is 1.48 bits per heavy atom. The number of carbonyl (C=O) groups excluding carboxylic acids is 1. The quantitative estimate of drug-likeness (QED) is 0.922. The van der Waals surface area contributed by atoms with Gasteiger partial charge in [0.25, 0.3) is 0 Å². The van der Waals surface area contributed by atoms with Gasteiger partial charge in [0.05, 0.1) is 25.9 Å². The highest BCUT2D eigenvalue weighted by molar-refractivity contribution is 5.74. The van der Waals surface area contributed by atoms with Crippen LogP contribution in [0.4, 0.5) is 4.79 Å². The first-order chi connectivity index (χ1) is 10.9. The number of rotatable bonds is 5. The van der Waals surface area contributed by atoms with Gasteiger partial charge in [0.2, 0.25) is 0 Å². The standard InChI is InChI=1S/C17H24N4O2/c1-12-6-7-16(23-5)15(8-12)13(2)19-17(22)20(3)10-14-9-18-21(4)11-14/h6-9,11,13H,10H2,1-5H3,(H,19,22). The highest BCUT2D eigenvalue weighted by Crippen LogP contribution is 2.26. The van der Waals surface area contributed by atoms with E-state index in [9.17, 15) is 4.79 Å². The van der Waals surface area contributed by atoms with E-state index in [4.69, 9.17) is 4.74 Å². The van der Waals surface area contributed by atoms with E-state index < -0.39 is 0 Å². The topological polar surface area (TPSA) is 59.4 Å². The Morgan fingerprint density at radius 2 is 2.22 bits per heavy atom. The monoisotopic (exact) mass is 316 g/mol. The molecule has 0 aliphatic carbocycles. The molecule has 0 saturated heterocycles. The minimum absolute atomic E-state index is 0.134. The van der Waals surface area contributed by atoms with Crippen molar-refractivity contribution in [2.24, 2.45) is 7.05 Å². The van der Waals surface area contributed by atoms with Crippen molar-refractivity contribution < 1.29 is 9.53 Å². The second-order valence-corrected chi connectivity index (χ2v) is 5.79. The molecule has 1 atom stereocenters.